The van der Waals surface area contributed by atoms with Gasteiger partial charge in [0.1, 0.15) is 24.3 Å². The van der Waals surface area contributed by atoms with Crippen LogP contribution in [-0.4, -0.2) is 39.8 Å². The first-order chi connectivity index (χ1) is 16.9. The van der Waals surface area contributed by atoms with E-state index in [4.69, 9.17) is 9.72 Å². The van der Waals surface area contributed by atoms with E-state index >= 15 is 0 Å². The molecule has 0 bridgehead atoms. The van der Waals surface area contributed by atoms with Crippen LogP contribution in [-0.2, 0) is 11.3 Å². The SMILES string of the molecule is Cc1ccc(N2CC(c3nc4ccccc4n3CC(O)COc3cccc(C)c3C)CC2=O)cc1. The number of rotatable bonds is 7. The molecule has 0 radical (unpaired) electrons. The van der Waals surface area contributed by atoms with Crippen molar-refractivity contribution in [3.05, 3.63) is 89.2 Å². The molecule has 1 N–H and O–H groups in total. The fourth-order valence-electron chi connectivity index (χ4n) is 4.78. The van der Waals surface area contributed by atoms with Gasteiger partial charge in [-0.15, -0.1) is 0 Å². The number of ether oxygens (including phenoxy) is 1. The van der Waals surface area contributed by atoms with E-state index in [1.54, 1.807) is 0 Å². The summed E-state index contributed by atoms with van der Waals surface area (Å²) >= 11 is 0. The lowest BCUT2D eigenvalue weighted by atomic mass is 10.1. The Kier molecular flexibility index (Phi) is 6.31. The summed E-state index contributed by atoms with van der Waals surface area (Å²) in [5.74, 6) is 1.66. The molecular formula is C29H31N3O3. The van der Waals surface area contributed by atoms with Gasteiger partial charge in [0.15, 0.2) is 0 Å². The van der Waals surface area contributed by atoms with Crippen molar-refractivity contribution in [1.82, 2.24) is 9.55 Å². The topological polar surface area (TPSA) is 67.6 Å². The number of hydrogen-bond acceptors (Lipinski definition) is 4. The molecule has 4 aromatic rings. The third kappa shape index (κ3) is 4.66. The van der Waals surface area contributed by atoms with Crippen molar-refractivity contribution in [2.24, 2.45) is 0 Å². The van der Waals surface area contributed by atoms with Crippen LogP contribution >= 0.6 is 0 Å². The van der Waals surface area contributed by atoms with Gasteiger partial charge in [-0.25, -0.2) is 4.98 Å². The van der Waals surface area contributed by atoms with Crippen molar-refractivity contribution < 1.29 is 14.6 Å². The Morgan fingerprint density at radius 1 is 1.03 bits per heavy atom. The number of hydrogen-bond donors (Lipinski definition) is 1. The number of nitrogens with zero attached hydrogens (tertiary/aromatic N) is 3. The number of carbonyl (C=O) groups excluding carboxylic acids is 1. The molecule has 1 fully saturated rings. The maximum absolute atomic E-state index is 12.9. The molecule has 2 unspecified atom stereocenters. The van der Waals surface area contributed by atoms with Crippen LogP contribution < -0.4 is 9.64 Å². The molecule has 1 aromatic heterocycles. The Balaban J connectivity index is 1.38. The van der Waals surface area contributed by atoms with Gasteiger partial charge in [-0.3, -0.25) is 4.79 Å². The Morgan fingerprint density at radius 2 is 1.80 bits per heavy atom. The predicted octanol–water partition coefficient (Wildman–Crippen LogP) is 4.92. The first-order valence-electron chi connectivity index (χ1n) is 12.1. The van der Waals surface area contributed by atoms with Crippen LogP contribution in [0.5, 0.6) is 5.75 Å². The van der Waals surface area contributed by atoms with E-state index in [1.165, 1.54) is 0 Å². The van der Waals surface area contributed by atoms with Crippen molar-refractivity contribution in [2.75, 3.05) is 18.1 Å². The van der Waals surface area contributed by atoms with Crippen molar-refractivity contribution in [3.8, 4) is 5.75 Å². The molecule has 6 nitrogen and oxygen atoms in total. The smallest absolute Gasteiger partial charge is 0.227 e. The number of amides is 1. The molecule has 1 aliphatic rings. The second kappa shape index (κ2) is 9.55. The Hall–Kier alpha value is -3.64. The molecule has 0 saturated carbocycles. The van der Waals surface area contributed by atoms with Gasteiger partial charge in [0.05, 0.1) is 17.6 Å². The normalized spacial score (nSPS) is 16.7. The Labute approximate surface area is 205 Å². The van der Waals surface area contributed by atoms with Crippen LogP contribution in [0, 0.1) is 20.8 Å². The van der Waals surface area contributed by atoms with Gasteiger partial charge >= 0.3 is 0 Å². The molecular weight excluding hydrogens is 438 g/mol. The van der Waals surface area contributed by atoms with E-state index in [0.29, 0.717) is 19.5 Å². The lowest BCUT2D eigenvalue weighted by molar-refractivity contribution is -0.117. The second-order valence-electron chi connectivity index (χ2n) is 9.47. The van der Waals surface area contributed by atoms with Crippen LogP contribution in [0.4, 0.5) is 5.69 Å². The number of carbonyl (C=O) groups is 1. The molecule has 1 aliphatic heterocycles. The van der Waals surface area contributed by atoms with E-state index in [2.05, 4.69) is 4.57 Å². The average Bonchev–Trinajstić information content (AvgIpc) is 3.41. The summed E-state index contributed by atoms with van der Waals surface area (Å²) < 4.78 is 8.02. The fourth-order valence-corrected chi connectivity index (χ4v) is 4.78. The third-order valence-corrected chi connectivity index (χ3v) is 6.90. The van der Waals surface area contributed by atoms with Gasteiger partial charge < -0.3 is 19.3 Å². The van der Waals surface area contributed by atoms with Crippen LogP contribution in [0.3, 0.4) is 0 Å². The molecule has 35 heavy (non-hydrogen) atoms. The number of aryl methyl sites for hydroxylation is 2. The molecule has 2 atom stereocenters. The molecule has 5 rings (SSSR count). The molecule has 0 spiro atoms. The first-order valence-corrected chi connectivity index (χ1v) is 12.1. The van der Waals surface area contributed by atoms with E-state index < -0.39 is 6.10 Å². The minimum atomic E-state index is -0.725. The van der Waals surface area contributed by atoms with Gasteiger partial charge in [-0.1, -0.05) is 42.0 Å². The summed E-state index contributed by atoms with van der Waals surface area (Å²) in [5.41, 5.74) is 6.13. The van der Waals surface area contributed by atoms with E-state index in [0.717, 1.165) is 45.0 Å². The fraction of sp³-hybridized carbons (Fsp3) is 0.310. The number of benzene rings is 3. The number of anilines is 1. The molecule has 0 aliphatic carbocycles. The summed E-state index contributed by atoms with van der Waals surface area (Å²) in [7, 11) is 0. The minimum absolute atomic E-state index is 0.0525. The standard InChI is InChI=1S/C29H31N3O3/c1-19-11-13-23(14-12-19)31-16-22(15-28(31)34)29-30-25-8-4-5-9-26(25)32(29)17-24(33)18-35-27-10-6-7-20(2)21(27)3/h4-14,22,24,33H,15-18H2,1-3H3. The van der Waals surface area contributed by atoms with E-state index in [-0.39, 0.29) is 18.4 Å². The summed E-state index contributed by atoms with van der Waals surface area (Å²) in [6.45, 7) is 7.20. The lowest BCUT2D eigenvalue weighted by Gasteiger charge is -2.19. The summed E-state index contributed by atoms with van der Waals surface area (Å²) in [5, 5.41) is 10.9. The lowest BCUT2D eigenvalue weighted by Crippen LogP contribution is -2.26. The summed E-state index contributed by atoms with van der Waals surface area (Å²) in [6, 6.07) is 21.9. The zero-order chi connectivity index (χ0) is 24.5. The van der Waals surface area contributed by atoms with Crippen molar-refractivity contribution in [3.63, 3.8) is 0 Å². The Bertz CT molecular complexity index is 1360. The number of fused-ring (bicyclic) bond motifs is 1. The van der Waals surface area contributed by atoms with Crippen LogP contribution in [0.1, 0.15) is 34.9 Å². The predicted molar refractivity (Wildman–Crippen MR) is 138 cm³/mol. The quantitative estimate of drug-likeness (QED) is 0.417. The highest BCUT2D eigenvalue weighted by Crippen LogP contribution is 2.33. The molecule has 180 valence electrons. The zero-order valence-corrected chi connectivity index (χ0v) is 20.4. The van der Waals surface area contributed by atoms with Gasteiger partial charge in [0, 0.05) is 24.6 Å². The molecule has 3 aromatic carbocycles. The van der Waals surface area contributed by atoms with Crippen LogP contribution in [0.15, 0.2) is 66.7 Å². The molecule has 1 saturated heterocycles. The molecule has 1 amide bonds. The van der Waals surface area contributed by atoms with Crippen molar-refractivity contribution >= 4 is 22.6 Å². The Morgan fingerprint density at radius 3 is 2.60 bits per heavy atom. The summed E-state index contributed by atoms with van der Waals surface area (Å²) in [4.78, 5) is 19.7. The van der Waals surface area contributed by atoms with Gasteiger partial charge in [0.25, 0.3) is 0 Å². The zero-order valence-electron chi connectivity index (χ0n) is 20.4. The monoisotopic (exact) mass is 469 g/mol. The van der Waals surface area contributed by atoms with Gasteiger partial charge in [-0.05, 0) is 62.2 Å². The third-order valence-electron chi connectivity index (χ3n) is 6.90. The highest BCUT2D eigenvalue weighted by atomic mass is 16.5. The van der Waals surface area contributed by atoms with Crippen LogP contribution in [0.25, 0.3) is 11.0 Å². The van der Waals surface area contributed by atoms with Crippen molar-refractivity contribution in [1.29, 1.82) is 0 Å². The van der Waals surface area contributed by atoms with Crippen molar-refractivity contribution in [2.45, 2.75) is 45.8 Å². The first kappa shape index (κ1) is 23.1. The summed E-state index contributed by atoms with van der Waals surface area (Å²) in [6.07, 6.45) is -0.330. The van der Waals surface area contributed by atoms with Gasteiger partial charge in [-0.2, -0.15) is 0 Å². The number of para-hydroxylation sites is 2. The minimum Gasteiger partial charge on any atom is -0.491 e. The number of aliphatic hydroxyl groups is 1. The van der Waals surface area contributed by atoms with E-state index in [9.17, 15) is 9.90 Å². The van der Waals surface area contributed by atoms with E-state index in [1.807, 2.05) is 92.4 Å². The molecule has 2 heterocycles. The average molecular weight is 470 g/mol. The highest BCUT2D eigenvalue weighted by Gasteiger charge is 2.35. The maximum Gasteiger partial charge on any atom is 0.227 e. The number of aliphatic hydroxyl groups excluding tert-OH is 1. The number of aromatic nitrogens is 2. The molecule has 6 heteroatoms. The maximum atomic E-state index is 12.9. The van der Waals surface area contributed by atoms with Gasteiger partial charge in [0.2, 0.25) is 5.91 Å². The largest absolute Gasteiger partial charge is 0.491 e. The second-order valence-corrected chi connectivity index (χ2v) is 9.47. The highest BCUT2D eigenvalue weighted by molar-refractivity contribution is 5.96. The van der Waals surface area contributed by atoms with Crippen LogP contribution in [0.2, 0.25) is 0 Å². The number of imidazole rings is 1.